The summed E-state index contributed by atoms with van der Waals surface area (Å²) < 4.78 is 0. The van der Waals surface area contributed by atoms with Crippen molar-refractivity contribution in [1.82, 2.24) is 30.7 Å². The van der Waals surface area contributed by atoms with E-state index in [4.69, 9.17) is 4.98 Å². The zero-order chi connectivity index (χ0) is 51.0. The Morgan fingerprint density at radius 1 is 0.819 bits per heavy atom. The van der Waals surface area contributed by atoms with Crippen molar-refractivity contribution in [3.63, 3.8) is 0 Å². The number of allylic oxidation sites excluding steroid dienone is 7. The van der Waals surface area contributed by atoms with Crippen LogP contribution >= 0.6 is 0 Å². The average molecular weight is 971 g/mol. The molecule has 2 aliphatic heterocycles. The van der Waals surface area contributed by atoms with E-state index in [1.165, 1.54) is 124 Å². The van der Waals surface area contributed by atoms with Crippen LogP contribution in [0.2, 0.25) is 0 Å². The molecule has 6 rings (SSSR count). The van der Waals surface area contributed by atoms with Crippen molar-refractivity contribution in [1.29, 1.82) is 0 Å². The average Bonchev–Trinajstić information content (AvgIpc) is 4.03. The standard InChI is InChI=1S/C64H90N8/c1-9-12-41-61(51(6)65-8)72-48-59-58(52(72)7)39-30-40-60(59)67-49(4)33-26-24-22-20-18-16-14-13-15-17-19-21-23-25-27-34-53-35-28-36-55(46-53)50(5)56-37-29-38-57(47-56)69-64(42-44-66-45-43-64)63-68-62(70-71-63)54(31-10-2)32-11-3/h9-11,28-32,35-40,46-47,50,61,65-67,69H,1-2,4,6-7,12-27,33-34,41-45,48H2,3,5,8H3,(H,68,70,71)/b32-11-,54-31+. The summed E-state index contributed by atoms with van der Waals surface area (Å²) in [6.07, 6.45) is 35.8. The fourth-order valence-corrected chi connectivity index (χ4v) is 10.8. The number of anilines is 2. The zero-order valence-corrected chi connectivity index (χ0v) is 44.7. The van der Waals surface area contributed by atoms with E-state index in [-0.39, 0.29) is 11.6 Å². The summed E-state index contributed by atoms with van der Waals surface area (Å²) >= 11 is 0. The highest BCUT2D eigenvalue weighted by Gasteiger charge is 2.38. The second-order valence-electron chi connectivity index (χ2n) is 20.5. The van der Waals surface area contributed by atoms with Gasteiger partial charge in [0.25, 0.3) is 0 Å². The summed E-state index contributed by atoms with van der Waals surface area (Å²) in [5, 5.41) is 22.4. The minimum Gasteiger partial charge on any atom is -0.390 e. The van der Waals surface area contributed by atoms with Gasteiger partial charge in [0.05, 0.1) is 11.6 Å². The maximum atomic E-state index is 5.02. The minimum atomic E-state index is -0.335. The van der Waals surface area contributed by atoms with E-state index in [0.29, 0.717) is 11.7 Å². The molecule has 0 radical (unpaired) electrons. The molecule has 72 heavy (non-hydrogen) atoms. The van der Waals surface area contributed by atoms with Crippen LogP contribution in [-0.2, 0) is 18.5 Å². The quantitative estimate of drug-likeness (QED) is 0.0181. The minimum absolute atomic E-state index is 0.180. The van der Waals surface area contributed by atoms with E-state index in [1.807, 2.05) is 38.3 Å². The molecule has 2 aliphatic rings. The summed E-state index contributed by atoms with van der Waals surface area (Å²) in [5.74, 6) is 1.86. The van der Waals surface area contributed by atoms with Gasteiger partial charge in [-0.2, -0.15) is 5.10 Å². The highest BCUT2D eigenvalue weighted by Crippen LogP contribution is 2.40. The van der Waals surface area contributed by atoms with Gasteiger partial charge in [0.2, 0.25) is 0 Å². The summed E-state index contributed by atoms with van der Waals surface area (Å²) in [6, 6.07) is 25.0. The topological polar surface area (TPSA) is 92.9 Å². The van der Waals surface area contributed by atoms with Crippen molar-refractivity contribution in [3.8, 4) is 0 Å². The fourth-order valence-electron chi connectivity index (χ4n) is 10.8. The molecule has 3 heterocycles. The van der Waals surface area contributed by atoms with Crippen LogP contribution in [0.25, 0.3) is 11.3 Å². The lowest BCUT2D eigenvalue weighted by Crippen LogP contribution is -2.46. The first kappa shape index (κ1) is 55.5. The van der Waals surface area contributed by atoms with Crippen molar-refractivity contribution >= 4 is 22.6 Å². The third-order valence-corrected chi connectivity index (χ3v) is 15.2. The molecule has 2 atom stereocenters. The molecule has 0 bridgehead atoms. The van der Waals surface area contributed by atoms with Gasteiger partial charge in [-0.05, 0) is 106 Å². The van der Waals surface area contributed by atoms with Gasteiger partial charge in [0.15, 0.2) is 11.6 Å². The predicted octanol–water partition coefficient (Wildman–Crippen LogP) is 16.1. The molecule has 8 heteroatoms. The summed E-state index contributed by atoms with van der Waals surface area (Å²) in [4.78, 5) is 7.41. The molecule has 1 aromatic heterocycles. The van der Waals surface area contributed by atoms with E-state index < -0.39 is 0 Å². The molecule has 0 amide bonds. The number of piperidine rings is 1. The molecular weight excluding hydrogens is 881 g/mol. The molecule has 3 aromatic carbocycles. The number of H-pyrrole nitrogens is 1. The number of hydrogen-bond donors (Lipinski definition) is 5. The Bertz CT molecular complexity index is 2410. The number of aromatic nitrogens is 3. The number of likely N-dealkylation sites (N-methyl/N-ethyl adjacent to an activating group) is 1. The molecular formula is C64H90N8. The molecule has 2 unspecified atom stereocenters. The molecule has 5 N–H and O–H groups in total. The van der Waals surface area contributed by atoms with Crippen molar-refractivity contribution in [2.75, 3.05) is 30.8 Å². The van der Waals surface area contributed by atoms with Crippen molar-refractivity contribution < 1.29 is 0 Å². The van der Waals surface area contributed by atoms with Crippen LogP contribution in [0, 0.1) is 0 Å². The summed E-state index contributed by atoms with van der Waals surface area (Å²) in [5.41, 5.74) is 12.7. The highest BCUT2D eigenvalue weighted by molar-refractivity contribution is 5.76. The highest BCUT2D eigenvalue weighted by atomic mass is 15.3. The first-order valence-electron chi connectivity index (χ1n) is 27.8. The van der Waals surface area contributed by atoms with Crippen molar-refractivity contribution in [2.45, 2.75) is 173 Å². The van der Waals surface area contributed by atoms with Crippen LogP contribution in [0.5, 0.6) is 0 Å². The van der Waals surface area contributed by atoms with Gasteiger partial charge in [-0.3, -0.25) is 5.10 Å². The Balaban J connectivity index is 0.799. The van der Waals surface area contributed by atoms with Crippen LogP contribution in [0.4, 0.5) is 11.4 Å². The molecule has 0 aliphatic carbocycles. The van der Waals surface area contributed by atoms with Gasteiger partial charge in [-0.1, -0.05) is 196 Å². The molecule has 4 aromatic rings. The lowest BCUT2D eigenvalue weighted by atomic mass is 9.86. The van der Waals surface area contributed by atoms with Gasteiger partial charge in [0.1, 0.15) is 0 Å². The summed E-state index contributed by atoms with van der Waals surface area (Å²) in [7, 11) is 1.95. The Morgan fingerprint density at radius 2 is 1.46 bits per heavy atom. The number of aryl methyl sites for hydroxylation is 1. The molecule has 1 fully saturated rings. The maximum Gasteiger partial charge on any atom is 0.181 e. The summed E-state index contributed by atoms with van der Waals surface area (Å²) in [6.45, 7) is 28.0. The molecule has 8 nitrogen and oxygen atoms in total. The predicted molar refractivity (Wildman–Crippen MR) is 310 cm³/mol. The SMILES string of the molecule is C=C/C=C(\C=C/C)c1n[nH]c(C2(Nc3cccc(C(C)c4cccc(CCCCCCCCCCCCCCCCCC(=C)Nc5cccc6c5CN(C(CCC=C)C(=C)NC)C6=C)c4)c3)CCNCC2)n1. The number of rotatable bonds is 34. The fraction of sp³-hybridized carbons (Fsp3) is 0.469. The Labute approximate surface area is 435 Å². The van der Waals surface area contributed by atoms with E-state index in [1.54, 1.807) is 6.08 Å². The maximum absolute atomic E-state index is 5.02. The van der Waals surface area contributed by atoms with Gasteiger partial charge in [-0.15, -0.1) is 6.58 Å². The number of nitrogens with zero attached hydrogens (tertiary/aromatic N) is 3. The normalized spacial score (nSPS) is 15.3. The van der Waals surface area contributed by atoms with Crippen LogP contribution < -0.4 is 21.3 Å². The third-order valence-electron chi connectivity index (χ3n) is 15.2. The van der Waals surface area contributed by atoms with Crippen LogP contribution in [0.3, 0.4) is 0 Å². The molecule has 386 valence electrons. The third kappa shape index (κ3) is 16.1. The first-order valence-corrected chi connectivity index (χ1v) is 27.8. The van der Waals surface area contributed by atoms with Gasteiger partial charge < -0.3 is 26.2 Å². The smallest absolute Gasteiger partial charge is 0.181 e. The Morgan fingerprint density at radius 3 is 2.11 bits per heavy atom. The number of benzene rings is 3. The largest absolute Gasteiger partial charge is 0.390 e. The lowest BCUT2D eigenvalue weighted by molar-refractivity contribution is 0.312. The van der Waals surface area contributed by atoms with Crippen molar-refractivity contribution in [3.05, 3.63) is 181 Å². The van der Waals surface area contributed by atoms with E-state index in [0.717, 1.165) is 98.0 Å². The van der Waals surface area contributed by atoms with E-state index in [9.17, 15) is 0 Å². The van der Waals surface area contributed by atoms with E-state index >= 15 is 0 Å². The van der Waals surface area contributed by atoms with Crippen LogP contribution in [0.15, 0.2) is 141 Å². The van der Waals surface area contributed by atoms with Gasteiger partial charge in [0, 0.05) is 64.7 Å². The Hall–Kier alpha value is -5.86. The monoisotopic (exact) mass is 971 g/mol. The molecule has 0 saturated carbocycles. The van der Waals surface area contributed by atoms with E-state index in [2.05, 4.69) is 143 Å². The molecule has 1 saturated heterocycles. The number of unbranched alkanes of at least 4 members (excludes halogenated alkanes) is 14. The molecule has 0 spiro atoms. The number of aromatic amines is 1. The number of nitrogens with one attached hydrogen (secondary N) is 5. The number of hydrogen-bond acceptors (Lipinski definition) is 7. The lowest BCUT2D eigenvalue weighted by Gasteiger charge is -2.37. The zero-order valence-electron chi connectivity index (χ0n) is 44.7. The number of fused-ring (bicyclic) bond motifs is 1. The first-order chi connectivity index (χ1) is 35.2. The Kier molecular flexibility index (Phi) is 22.8. The second-order valence-corrected chi connectivity index (χ2v) is 20.5. The van der Waals surface area contributed by atoms with Crippen LogP contribution in [-0.4, -0.2) is 46.3 Å². The van der Waals surface area contributed by atoms with Crippen LogP contribution in [0.1, 0.15) is 188 Å². The van der Waals surface area contributed by atoms with Gasteiger partial charge >= 0.3 is 0 Å². The second kappa shape index (κ2) is 29.6. The van der Waals surface area contributed by atoms with Crippen molar-refractivity contribution in [2.24, 2.45) is 0 Å². The van der Waals surface area contributed by atoms with Gasteiger partial charge in [-0.25, -0.2) is 4.98 Å².